The number of pyridine rings is 1. The lowest BCUT2D eigenvalue weighted by Crippen LogP contribution is -2.32. The zero-order valence-electron chi connectivity index (χ0n) is 15.7. The molecule has 1 N–H and O–H groups in total. The van der Waals surface area contributed by atoms with Gasteiger partial charge in [0.2, 0.25) is 10.0 Å². The summed E-state index contributed by atoms with van der Waals surface area (Å²) in [5.74, 6) is 0.497. The van der Waals surface area contributed by atoms with E-state index in [0.29, 0.717) is 11.4 Å². The van der Waals surface area contributed by atoms with Gasteiger partial charge in [0, 0.05) is 42.7 Å². The first-order chi connectivity index (χ1) is 14.4. The van der Waals surface area contributed by atoms with Gasteiger partial charge in [-0.2, -0.15) is 0 Å². The van der Waals surface area contributed by atoms with Crippen molar-refractivity contribution in [1.82, 2.24) is 24.1 Å². The molecule has 1 aliphatic rings. The van der Waals surface area contributed by atoms with Crippen molar-refractivity contribution < 1.29 is 13.3 Å². The average molecular weight is 430 g/mol. The minimum absolute atomic E-state index is 0.0139. The zero-order chi connectivity index (χ0) is 21.3. The van der Waals surface area contributed by atoms with E-state index in [2.05, 4.69) is 14.8 Å². The number of benzene rings is 1. The minimum atomic E-state index is -3.97. The summed E-state index contributed by atoms with van der Waals surface area (Å²) < 4.78 is 30.1. The molecule has 12 heteroatoms. The van der Waals surface area contributed by atoms with E-state index in [4.69, 9.17) is 0 Å². The third kappa shape index (κ3) is 4.00. The van der Waals surface area contributed by atoms with Gasteiger partial charge in [-0.15, -0.1) is 5.10 Å². The van der Waals surface area contributed by atoms with Crippen molar-refractivity contribution in [3.63, 3.8) is 0 Å². The highest BCUT2D eigenvalue weighted by atomic mass is 32.2. The number of rotatable bonds is 8. The quantitative estimate of drug-likeness (QED) is 0.419. The van der Waals surface area contributed by atoms with Crippen LogP contribution in [-0.4, -0.2) is 39.2 Å². The Bertz CT molecular complexity index is 1250. The van der Waals surface area contributed by atoms with Crippen LogP contribution in [0.2, 0.25) is 0 Å². The Morgan fingerprint density at radius 3 is 2.70 bits per heavy atom. The number of sulfonamides is 1. The number of aromatic nitrogens is 4. The van der Waals surface area contributed by atoms with E-state index in [1.807, 2.05) is 6.07 Å². The third-order valence-electron chi connectivity index (χ3n) is 4.66. The second-order valence-electron chi connectivity index (χ2n) is 6.82. The summed E-state index contributed by atoms with van der Waals surface area (Å²) >= 11 is 0. The van der Waals surface area contributed by atoms with E-state index in [-0.39, 0.29) is 35.4 Å². The van der Waals surface area contributed by atoms with Gasteiger partial charge in [-0.1, -0.05) is 6.07 Å². The molecule has 1 fully saturated rings. The Kier molecular flexibility index (Phi) is 5.18. The molecule has 0 bridgehead atoms. The predicted molar refractivity (Wildman–Crippen MR) is 106 cm³/mol. The van der Waals surface area contributed by atoms with Crippen LogP contribution in [0.1, 0.15) is 18.9 Å². The van der Waals surface area contributed by atoms with E-state index in [1.165, 1.54) is 22.9 Å². The summed E-state index contributed by atoms with van der Waals surface area (Å²) in [6.45, 7) is -0.0843. The summed E-state index contributed by atoms with van der Waals surface area (Å²) in [4.78, 5) is 26.8. The van der Waals surface area contributed by atoms with E-state index in [9.17, 15) is 23.3 Å². The normalized spacial score (nSPS) is 14.0. The van der Waals surface area contributed by atoms with Crippen molar-refractivity contribution in [2.45, 2.75) is 30.3 Å². The fraction of sp³-hybridized carbons (Fsp3) is 0.278. The standard InChI is InChI=1S/C18H18N6O5S/c25-18-22(21-17(23(18)14-6-7-14)13-3-2-8-19-12-13)10-9-20-30(28,29)16-5-1-4-15(11-16)24(26)27/h1-5,8,11-12,14,20H,6-7,9-10H2. The lowest BCUT2D eigenvalue weighted by molar-refractivity contribution is -0.385. The number of nitro groups is 1. The molecule has 0 aliphatic heterocycles. The lowest BCUT2D eigenvalue weighted by atomic mass is 10.3. The third-order valence-corrected chi connectivity index (χ3v) is 6.12. The highest BCUT2D eigenvalue weighted by Gasteiger charge is 2.30. The Balaban J connectivity index is 1.53. The van der Waals surface area contributed by atoms with Gasteiger partial charge in [0.25, 0.3) is 5.69 Å². The van der Waals surface area contributed by atoms with Crippen LogP contribution in [0.5, 0.6) is 0 Å². The summed E-state index contributed by atoms with van der Waals surface area (Å²) in [5.41, 5.74) is 0.0710. The Morgan fingerprint density at radius 1 is 1.23 bits per heavy atom. The molecule has 11 nitrogen and oxygen atoms in total. The first-order valence-electron chi connectivity index (χ1n) is 9.21. The summed E-state index contributed by atoms with van der Waals surface area (Å²) in [5, 5.41) is 15.2. The number of non-ortho nitro benzene ring substituents is 1. The van der Waals surface area contributed by atoms with Crippen LogP contribution in [-0.2, 0) is 16.6 Å². The molecule has 0 atom stereocenters. The number of nitrogens with zero attached hydrogens (tertiary/aromatic N) is 5. The first kappa shape index (κ1) is 19.9. The maximum atomic E-state index is 12.8. The van der Waals surface area contributed by atoms with Crippen molar-refractivity contribution >= 4 is 15.7 Å². The number of hydrogen-bond acceptors (Lipinski definition) is 7. The van der Waals surface area contributed by atoms with E-state index >= 15 is 0 Å². The Labute approximate surface area is 171 Å². The average Bonchev–Trinajstić information content (AvgIpc) is 3.52. The van der Waals surface area contributed by atoms with E-state index in [1.54, 1.807) is 23.0 Å². The van der Waals surface area contributed by atoms with Crippen molar-refractivity contribution in [2.75, 3.05) is 6.54 Å². The fourth-order valence-electron chi connectivity index (χ4n) is 3.05. The van der Waals surface area contributed by atoms with Crippen LogP contribution in [0.15, 0.2) is 58.5 Å². The smallest absolute Gasteiger partial charge is 0.272 e. The van der Waals surface area contributed by atoms with Crippen LogP contribution >= 0.6 is 0 Å². The first-order valence-corrected chi connectivity index (χ1v) is 10.7. The molecule has 30 heavy (non-hydrogen) atoms. The van der Waals surface area contributed by atoms with Crippen molar-refractivity contribution in [1.29, 1.82) is 0 Å². The molecule has 0 saturated heterocycles. The molecule has 156 valence electrons. The maximum absolute atomic E-state index is 12.8. The molecule has 2 aromatic heterocycles. The molecule has 0 unspecified atom stereocenters. The van der Waals surface area contributed by atoms with Gasteiger partial charge < -0.3 is 0 Å². The maximum Gasteiger partial charge on any atom is 0.346 e. The lowest BCUT2D eigenvalue weighted by Gasteiger charge is -2.06. The van der Waals surface area contributed by atoms with Crippen LogP contribution in [0.4, 0.5) is 5.69 Å². The van der Waals surface area contributed by atoms with Crippen LogP contribution in [0.25, 0.3) is 11.4 Å². The SMILES string of the molecule is O=c1n(CCNS(=O)(=O)c2cccc([N+](=O)[O-])c2)nc(-c2cccnc2)n1C1CC1. The molecule has 1 aliphatic carbocycles. The van der Waals surface area contributed by atoms with Crippen LogP contribution in [0.3, 0.4) is 0 Å². The summed E-state index contributed by atoms with van der Waals surface area (Å²) in [6.07, 6.45) is 5.02. The molecule has 0 spiro atoms. The van der Waals surface area contributed by atoms with Crippen molar-refractivity contribution in [3.8, 4) is 11.4 Å². The van der Waals surface area contributed by atoms with Gasteiger partial charge in [0.1, 0.15) is 0 Å². The van der Waals surface area contributed by atoms with Gasteiger partial charge in [0.05, 0.1) is 16.4 Å². The second-order valence-corrected chi connectivity index (χ2v) is 8.59. The number of nitro benzene ring substituents is 1. The molecule has 0 radical (unpaired) electrons. The molecule has 0 amide bonds. The van der Waals surface area contributed by atoms with Gasteiger partial charge in [-0.05, 0) is 31.0 Å². The topological polar surface area (TPSA) is 142 Å². The van der Waals surface area contributed by atoms with E-state index < -0.39 is 14.9 Å². The van der Waals surface area contributed by atoms with Crippen LogP contribution in [0, 0.1) is 10.1 Å². The Morgan fingerprint density at radius 2 is 2.03 bits per heavy atom. The van der Waals surface area contributed by atoms with Crippen molar-refractivity contribution in [3.05, 3.63) is 69.4 Å². The molecular weight excluding hydrogens is 412 g/mol. The minimum Gasteiger partial charge on any atom is -0.272 e. The fourth-order valence-corrected chi connectivity index (χ4v) is 4.11. The number of nitrogens with one attached hydrogen (secondary N) is 1. The molecule has 3 aromatic rings. The van der Waals surface area contributed by atoms with Gasteiger partial charge >= 0.3 is 5.69 Å². The van der Waals surface area contributed by atoms with E-state index in [0.717, 1.165) is 18.9 Å². The van der Waals surface area contributed by atoms with Crippen LogP contribution < -0.4 is 10.4 Å². The second kappa shape index (κ2) is 7.80. The number of hydrogen-bond donors (Lipinski definition) is 1. The van der Waals surface area contributed by atoms with Gasteiger partial charge in [-0.25, -0.2) is 22.6 Å². The Hall–Kier alpha value is -3.38. The van der Waals surface area contributed by atoms with Crippen molar-refractivity contribution in [2.24, 2.45) is 0 Å². The molecule has 1 saturated carbocycles. The molecular formula is C18H18N6O5S. The molecule has 2 heterocycles. The predicted octanol–water partition coefficient (Wildman–Crippen LogP) is 1.33. The largest absolute Gasteiger partial charge is 0.346 e. The molecule has 1 aromatic carbocycles. The van der Waals surface area contributed by atoms with Gasteiger partial charge in [0.15, 0.2) is 5.82 Å². The summed E-state index contributed by atoms with van der Waals surface area (Å²) in [7, 11) is -3.97. The summed E-state index contributed by atoms with van der Waals surface area (Å²) in [6, 6.07) is 8.41. The van der Waals surface area contributed by atoms with Gasteiger partial charge in [-0.3, -0.25) is 19.7 Å². The monoisotopic (exact) mass is 430 g/mol. The highest BCUT2D eigenvalue weighted by Crippen LogP contribution is 2.36. The zero-order valence-corrected chi connectivity index (χ0v) is 16.5. The highest BCUT2D eigenvalue weighted by molar-refractivity contribution is 7.89. The molecule has 4 rings (SSSR count).